The normalized spacial score (nSPS) is 23.4. The van der Waals surface area contributed by atoms with Crippen LogP contribution in [0.4, 0.5) is 0 Å². The molecule has 1 aromatic carbocycles. The van der Waals surface area contributed by atoms with Crippen molar-refractivity contribution in [2.45, 2.75) is 38.6 Å². The van der Waals surface area contributed by atoms with Crippen LogP contribution in [0.5, 0.6) is 11.6 Å². The summed E-state index contributed by atoms with van der Waals surface area (Å²) in [6.45, 7) is 1.94. The van der Waals surface area contributed by atoms with Crippen LogP contribution in [0, 0.1) is 6.92 Å². The van der Waals surface area contributed by atoms with Gasteiger partial charge in [0.15, 0.2) is 6.29 Å². The molecule has 2 heterocycles. The van der Waals surface area contributed by atoms with Gasteiger partial charge < -0.3 is 24.8 Å². The average molecular weight is 334 g/mol. The maximum atomic E-state index is 12.1. The molecule has 1 aromatic heterocycles. The van der Waals surface area contributed by atoms with Crippen molar-refractivity contribution < 1.29 is 24.8 Å². The predicted molar refractivity (Wildman–Crippen MR) is 82.4 cm³/mol. The molecule has 8 heteroatoms. The fourth-order valence-electron chi connectivity index (χ4n) is 2.46. The number of nitrogens with zero attached hydrogens (tertiary/aromatic N) is 2. The number of hydrogen-bond donors (Lipinski definition) is 3. The highest BCUT2D eigenvalue weighted by molar-refractivity contribution is 5.26. The Bertz CT molecular complexity index is 763. The molecule has 1 aliphatic heterocycles. The topological polar surface area (TPSA) is 114 Å². The lowest BCUT2D eigenvalue weighted by Gasteiger charge is -2.15. The zero-order valence-electron chi connectivity index (χ0n) is 13.0. The van der Waals surface area contributed by atoms with Crippen LogP contribution in [0.3, 0.4) is 0 Å². The standard InChI is InChI=1S/C16H18N2O6/c1-9-7-18(13-6-12(20)15(21)24-13)16(22)17-14(9)23-8-10-2-4-11(19)5-3-10/h2-5,7,12-13,15,19-21H,6,8H2,1H3. The van der Waals surface area contributed by atoms with Crippen molar-refractivity contribution in [1.82, 2.24) is 9.55 Å². The zero-order valence-corrected chi connectivity index (χ0v) is 13.0. The molecule has 0 aliphatic carbocycles. The number of phenols is 1. The molecule has 0 spiro atoms. The number of hydrogen-bond acceptors (Lipinski definition) is 7. The number of ether oxygens (including phenoxy) is 2. The summed E-state index contributed by atoms with van der Waals surface area (Å²) in [7, 11) is 0. The molecule has 3 N–H and O–H groups in total. The molecule has 0 radical (unpaired) electrons. The van der Waals surface area contributed by atoms with Crippen LogP contribution in [0.15, 0.2) is 35.3 Å². The third-order valence-electron chi connectivity index (χ3n) is 3.78. The molecule has 0 saturated carbocycles. The Morgan fingerprint density at radius 3 is 2.67 bits per heavy atom. The predicted octanol–water partition coefficient (Wildman–Crippen LogP) is 0.435. The van der Waals surface area contributed by atoms with Gasteiger partial charge in [0.05, 0.1) is 0 Å². The second-order valence-electron chi connectivity index (χ2n) is 5.66. The Labute approximate surface area is 137 Å². The number of benzene rings is 1. The van der Waals surface area contributed by atoms with E-state index >= 15 is 0 Å². The Morgan fingerprint density at radius 2 is 2.04 bits per heavy atom. The molecule has 3 unspecified atom stereocenters. The largest absolute Gasteiger partial charge is 0.508 e. The van der Waals surface area contributed by atoms with Crippen LogP contribution in [-0.2, 0) is 11.3 Å². The van der Waals surface area contributed by atoms with E-state index in [1.807, 2.05) is 0 Å². The minimum Gasteiger partial charge on any atom is -0.508 e. The lowest BCUT2D eigenvalue weighted by molar-refractivity contribution is -0.142. The van der Waals surface area contributed by atoms with Gasteiger partial charge in [0.1, 0.15) is 24.7 Å². The summed E-state index contributed by atoms with van der Waals surface area (Å²) in [5.41, 5.74) is 0.851. The monoisotopic (exact) mass is 334 g/mol. The van der Waals surface area contributed by atoms with E-state index in [-0.39, 0.29) is 24.7 Å². The van der Waals surface area contributed by atoms with E-state index in [0.717, 1.165) is 5.56 Å². The second-order valence-corrected chi connectivity index (χ2v) is 5.66. The molecule has 24 heavy (non-hydrogen) atoms. The molecule has 0 amide bonds. The van der Waals surface area contributed by atoms with E-state index in [0.29, 0.717) is 5.56 Å². The molecular weight excluding hydrogens is 316 g/mol. The molecule has 1 aliphatic rings. The maximum absolute atomic E-state index is 12.1. The first-order chi connectivity index (χ1) is 11.4. The van der Waals surface area contributed by atoms with E-state index in [1.54, 1.807) is 31.2 Å². The highest BCUT2D eigenvalue weighted by atomic mass is 16.6. The average Bonchev–Trinajstić information content (AvgIpc) is 2.88. The maximum Gasteiger partial charge on any atom is 0.352 e. The van der Waals surface area contributed by atoms with Gasteiger partial charge in [0, 0.05) is 18.2 Å². The summed E-state index contributed by atoms with van der Waals surface area (Å²) < 4.78 is 11.9. The number of aliphatic hydroxyl groups excluding tert-OH is 2. The van der Waals surface area contributed by atoms with E-state index in [9.17, 15) is 20.1 Å². The summed E-state index contributed by atoms with van der Waals surface area (Å²) in [6, 6.07) is 6.51. The van der Waals surface area contributed by atoms with E-state index in [1.165, 1.54) is 10.8 Å². The molecule has 3 rings (SSSR count). The first-order valence-electron chi connectivity index (χ1n) is 7.46. The van der Waals surface area contributed by atoms with Gasteiger partial charge in [-0.3, -0.25) is 4.57 Å². The zero-order chi connectivity index (χ0) is 17.3. The van der Waals surface area contributed by atoms with Crippen LogP contribution < -0.4 is 10.4 Å². The summed E-state index contributed by atoms with van der Waals surface area (Å²) in [4.78, 5) is 16.0. The van der Waals surface area contributed by atoms with Crippen molar-refractivity contribution in [2.75, 3.05) is 0 Å². The highest BCUT2D eigenvalue weighted by Crippen LogP contribution is 2.27. The van der Waals surface area contributed by atoms with E-state index < -0.39 is 24.3 Å². The molecule has 128 valence electrons. The van der Waals surface area contributed by atoms with E-state index in [2.05, 4.69) is 4.98 Å². The quantitative estimate of drug-likeness (QED) is 0.743. The van der Waals surface area contributed by atoms with Crippen molar-refractivity contribution in [3.63, 3.8) is 0 Å². The Balaban J connectivity index is 1.75. The third-order valence-corrected chi connectivity index (χ3v) is 3.78. The lowest BCUT2D eigenvalue weighted by atomic mass is 10.2. The molecule has 8 nitrogen and oxygen atoms in total. The lowest BCUT2D eigenvalue weighted by Crippen LogP contribution is -2.28. The first-order valence-corrected chi connectivity index (χ1v) is 7.46. The molecule has 2 aromatic rings. The van der Waals surface area contributed by atoms with Crippen LogP contribution >= 0.6 is 0 Å². The molecule has 3 atom stereocenters. The Morgan fingerprint density at radius 1 is 1.33 bits per heavy atom. The summed E-state index contributed by atoms with van der Waals surface area (Å²) in [5, 5.41) is 28.2. The van der Waals surface area contributed by atoms with Gasteiger partial charge >= 0.3 is 5.69 Å². The molecular formula is C16H18N2O6. The van der Waals surface area contributed by atoms with Crippen molar-refractivity contribution in [3.05, 3.63) is 52.1 Å². The summed E-state index contributed by atoms with van der Waals surface area (Å²) >= 11 is 0. The molecule has 1 fully saturated rings. The minimum atomic E-state index is -1.31. The van der Waals surface area contributed by atoms with Crippen molar-refractivity contribution in [1.29, 1.82) is 0 Å². The van der Waals surface area contributed by atoms with Gasteiger partial charge in [-0.2, -0.15) is 4.98 Å². The van der Waals surface area contributed by atoms with Crippen LogP contribution in [-0.4, -0.2) is 37.3 Å². The number of phenolic OH excluding ortho intramolecular Hbond substituents is 1. The van der Waals surface area contributed by atoms with Crippen molar-refractivity contribution in [2.24, 2.45) is 0 Å². The molecule has 0 bridgehead atoms. The van der Waals surface area contributed by atoms with Crippen LogP contribution in [0.2, 0.25) is 0 Å². The van der Waals surface area contributed by atoms with Crippen molar-refractivity contribution in [3.8, 4) is 11.6 Å². The van der Waals surface area contributed by atoms with Crippen molar-refractivity contribution >= 4 is 0 Å². The SMILES string of the molecule is Cc1cn(C2CC(O)C(O)O2)c(=O)nc1OCc1ccc(O)cc1. The second kappa shape index (κ2) is 6.60. The number of aromatic hydroxyl groups is 1. The number of aryl methyl sites for hydroxylation is 1. The van der Waals surface area contributed by atoms with Gasteiger partial charge in [0.2, 0.25) is 5.88 Å². The highest BCUT2D eigenvalue weighted by Gasteiger charge is 2.34. The number of aromatic nitrogens is 2. The minimum absolute atomic E-state index is 0.107. The summed E-state index contributed by atoms with van der Waals surface area (Å²) in [5.74, 6) is 0.361. The summed E-state index contributed by atoms with van der Waals surface area (Å²) in [6.07, 6.45) is -1.48. The van der Waals surface area contributed by atoms with Gasteiger partial charge in [-0.05, 0) is 24.6 Å². The van der Waals surface area contributed by atoms with Gasteiger partial charge in [-0.15, -0.1) is 0 Å². The van der Waals surface area contributed by atoms with Crippen LogP contribution in [0.25, 0.3) is 0 Å². The van der Waals surface area contributed by atoms with Crippen LogP contribution in [0.1, 0.15) is 23.8 Å². The Kier molecular flexibility index (Phi) is 4.52. The number of rotatable bonds is 4. The van der Waals surface area contributed by atoms with E-state index in [4.69, 9.17) is 9.47 Å². The first kappa shape index (κ1) is 16.4. The number of aliphatic hydroxyl groups is 2. The van der Waals surface area contributed by atoms with Gasteiger partial charge in [-0.1, -0.05) is 12.1 Å². The van der Waals surface area contributed by atoms with Gasteiger partial charge in [0.25, 0.3) is 0 Å². The third kappa shape index (κ3) is 3.40. The Hall–Kier alpha value is -2.42. The fraction of sp³-hybridized carbons (Fsp3) is 0.375. The van der Waals surface area contributed by atoms with Gasteiger partial charge in [-0.25, -0.2) is 4.79 Å². The molecule has 1 saturated heterocycles. The fourth-order valence-corrected chi connectivity index (χ4v) is 2.46. The smallest absolute Gasteiger partial charge is 0.352 e.